The zero-order valence-corrected chi connectivity index (χ0v) is 17.6. The van der Waals surface area contributed by atoms with Crippen LogP contribution in [0.4, 0.5) is 8.78 Å². The first-order chi connectivity index (χ1) is 15.5. The van der Waals surface area contributed by atoms with Crippen molar-refractivity contribution in [2.24, 2.45) is 0 Å². The van der Waals surface area contributed by atoms with Gasteiger partial charge in [0.2, 0.25) is 0 Å². The third kappa shape index (κ3) is 4.16. The second-order valence-corrected chi connectivity index (χ2v) is 7.17. The van der Waals surface area contributed by atoms with Crippen LogP contribution in [-0.4, -0.2) is 43.9 Å². The van der Waals surface area contributed by atoms with Crippen molar-refractivity contribution in [1.29, 1.82) is 0 Å². The van der Waals surface area contributed by atoms with E-state index in [0.717, 1.165) is 10.2 Å². The number of carbonyl (C=O) groups is 1. The van der Waals surface area contributed by atoms with E-state index < -0.39 is 12.3 Å². The second kappa shape index (κ2) is 9.13. The summed E-state index contributed by atoms with van der Waals surface area (Å²) >= 11 is 0. The molecule has 0 spiro atoms. The van der Waals surface area contributed by atoms with Gasteiger partial charge in [0.05, 0.1) is 19.0 Å². The number of aryl methyl sites for hydroxylation is 2. The molecule has 0 fully saturated rings. The van der Waals surface area contributed by atoms with Crippen LogP contribution in [0.3, 0.4) is 0 Å². The van der Waals surface area contributed by atoms with E-state index in [4.69, 9.17) is 4.74 Å². The van der Waals surface area contributed by atoms with Crippen LogP contribution in [0.2, 0.25) is 0 Å². The Labute approximate surface area is 182 Å². The van der Waals surface area contributed by atoms with Gasteiger partial charge in [-0.1, -0.05) is 12.1 Å². The molecule has 4 rings (SSSR count). The van der Waals surface area contributed by atoms with Crippen molar-refractivity contribution in [2.45, 2.75) is 26.3 Å². The van der Waals surface area contributed by atoms with Crippen LogP contribution in [0.5, 0.6) is 5.75 Å². The minimum absolute atomic E-state index is 0.0594. The summed E-state index contributed by atoms with van der Waals surface area (Å²) in [7, 11) is 1.49. The van der Waals surface area contributed by atoms with Crippen LogP contribution in [0.15, 0.2) is 48.8 Å². The van der Waals surface area contributed by atoms with Crippen LogP contribution in [-0.2, 0) is 6.54 Å². The fourth-order valence-corrected chi connectivity index (χ4v) is 3.45. The highest BCUT2D eigenvalue weighted by Crippen LogP contribution is 2.32. The summed E-state index contributed by atoms with van der Waals surface area (Å²) in [5.74, 6) is 0.0612. The van der Waals surface area contributed by atoms with E-state index in [9.17, 15) is 13.6 Å². The summed E-state index contributed by atoms with van der Waals surface area (Å²) in [4.78, 5) is 17.2. The quantitative estimate of drug-likeness (QED) is 0.423. The number of fused-ring (bicyclic) bond motifs is 1. The first-order valence-corrected chi connectivity index (χ1v) is 10.1. The summed E-state index contributed by atoms with van der Waals surface area (Å²) in [6.07, 6.45) is 0.837. The van der Waals surface area contributed by atoms with E-state index in [1.165, 1.54) is 19.4 Å². The molecule has 0 radical (unpaired) electrons. The Balaban J connectivity index is 1.61. The Bertz CT molecular complexity index is 1250. The van der Waals surface area contributed by atoms with Gasteiger partial charge in [-0.3, -0.25) is 9.48 Å². The number of benzene rings is 1. The minimum Gasteiger partial charge on any atom is -0.496 e. The maximum atomic E-state index is 13.8. The zero-order chi connectivity index (χ0) is 22.7. The van der Waals surface area contributed by atoms with Crippen LogP contribution >= 0.6 is 0 Å². The fourth-order valence-electron chi connectivity index (χ4n) is 3.45. The highest BCUT2D eigenvalue weighted by atomic mass is 19.3. The van der Waals surface area contributed by atoms with Crippen molar-refractivity contribution < 1.29 is 18.3 Å². The summed E-state index contributed by atoms with van der Waals surface area (Å²) < 4.78 is 35.7. The van der Waals surface area contributed by atoms with E-state index >= 15 is 0 Å². The number of ether oxygens (including phenoxy) is 1. The lowest BCUT2D eigenvalue weighted by molar-refractivity contribution is 0.0953. The Hall–Kier alpha value is -3.82. The molecule has 166 valence electrons. The van der Waals surface area contributed by atoms with Gasteiger partial charge in [0.1, 0.15) is 17.0 Å². The van der Waals surface area contributed by atoms with Crippen LogP contribution in [0, 0.1) is 6.92 Å². The van der Waals surface area contributed by atoms with Gasteiger partial charge in [0.25, 0.3) is 12.3 Å². The number of hydrogen-bond acceptors (Lipinski definition) is 5. The molecule has 0 atom stereocenters. The third-order valence-electron chi connectivity index (χ3n) is 5.11. The zero-order valence-electron chi connectivity index (χ0n) is 17.6. The molecular weight excluding hydrogens is 418 g/mol. The van der Waals surface area contributed by atoms with E-state index in [-0.39, 0.29) is 22.6 Å². The number of para-hydroxylation sites is 1. The van der Waals surface area contributed by atoms with Gasteiger partial charge in [-0.25, -0.2) is 18.3 Å². The molecule has 0 unspecified atom stereocenters. The lowest BCUT2D eigenvalue weighted by atomic mass is 10.1. The number of methoxy groups -OCH3 is 1. The maximum Gasteiger partial charge on any atom is 0.280 e. The average Bonchev–Trinajstić information content (AvgIpc) is 3.41. The molecule has 0 aliphatic rings. The van der Waals surface area contributed by atoms with E-state index in [1.54, 1.807) is 30.5 Å². The van der Waals surface area contributed by atoms with Gasteiger partial charge in [0, 0.05) is 30.5 Å². The molecule has 0 aliphatic heterocycles. The van der Waals surface area contributed by atoms with E-state index in [1.807, 2.05) is 17.7 Å². The second-order valence-electron chi connectivity index (χ2n) is 7.17. The van der Waals surface area contributed by atoms with E-state index in [0.29, 0.717) is 30.8 Å². The molecule has 3 heterocycles. The molecule has 0 bridgehead atoms. The van der Waals surface area contributed by atoms with Crippen molar-refractivity contribution >= 4 is 11.6 Å². The number of halogens is 2. The first-order valence-electron chi connectivity index (χ1n) is 10.1. The van der Waals surface area contributed by atoms with Crippen LogP contribution < -0.4 is 10.1 Å². The summed E-state index contributed by atoms with van der Waals surface area (Å²) in [5, 5.41) is 11.0. The SMILES string of the molecule is COc1ccccc1-c1cc(C(F)F)n2ncc(C(=O)NCCCn3nccc3C)c2n1. The standard InChI is InChI=1S/C22H22F2N6O2/c1-14-8-10-26-29(14)11-5-9-25-22(31)16-13-27-30-18(20(23)24)12-17(28-21(16)30)15-6-3-4-7-19(15)32-2/h3-4,6-8,10,12-13,20H,5,9,11H2,1-2H3,(H,25,31). The lowest BCUT2D eigenvalue weighted by Gasteiger charge is -2.11. The molecule has 1 N–H and O–H groups in total. The fraction of sp³-hybridized carbons (Fsp3) is 0.273. The lowest BCUT2D eigenvalue weighted by Crippen LogP contribution is -2.25. The summed E-state index contributed by atoms with van der Waals surface area (Å²) in [5.41, 5.74) is 1.68. The topological polar surface area (TPSA) is 86.3 Å². The number of aromatic nitrogens is 5. The Kier molecular flexibility index (Phi) is 6.11. The first kappa shape index (κ1) is 21.4. The Morgan fingerprint density at radius 1 is 1.22 bits per heavy atom. The van der Waals surface area contributed by atoms with Crippen molar-refractivity contribution in [1.82, 2.24) is 29.7 Å². The van der Waals surface area contributed by atoms with Crippen molar-refractivity contribution in [2.75, 3.05) is 13.7 Å². The van der Waals surface area contributed by atoms with Gasteiger partial charge < -0.3 is 10.1 Å². The van der Waals surface area contributed by atoms with Gasteiger partial charge in [-0.2, -0.15) is 10.2 Å². The molecule has 8 nitrogen and oxygen atoms in total. The predicted octanol–water partition coefficient (Wildman–Crippen LogP) is 3.67. The molecular formula is C22H22F2N6O2. The number of rotatable bonds is 8. The largest absolute Gasteiger partial charge is 0.496 e. The highest BCUT2D eigenvalue weighted by molar-refractivity contribution is 5.99. The van der Waals surface area contributed by atoms with Crippen molar-refractivity contribution in [3.8, 4) is 17.0 Å². The molecule has 1 aromatic carbocycles. The summed E-state index contributed by atoms with van der Waals surface area (Å²) in [6.45, 7) is 3.00. The van der Waals surface area contributed by atoms with Gasteiger partial charge >= 0.3 is 0 Å². The molecule has 3 aromatic heterocycles. The van der Waals surface area contributed by atoms with Gasteiger partial charge in [0.15, 0.2) is 5.65 Å². The number of hydrogen-bond donors (Lipinski definition) is 1. The molecule has 0 saturated heterocycles. The molecule has 32 heavy (non-hydrogen) atoms. The number of amides is 1. The monoisotopic (exact) mass is 440 g/mol. The predicted molar refractivity (Wildman–Crippen MR) is 114 cm³/mol. The highest BCUT2D eigenvalue weighted by Gasteiger charge is 2.22. The maximum absolute atomic E-state index is 13.8. The molecule has 0 saturated carbocycles. The molecule has 0 aliphatic carbocycles. The van der Waals surface area contributed by atoms with Crippen LogP contribution in [0.25, 0.3) is 16.9 Å². The molecule has 10 heteroatoms. The average molecular weight is 440 g/mol. The van der Waals surface area contributed by atoms with Crippen molar-refractivity contribution in [3.05, 3.63) is 65.7 Å². The number of nitrogens with one attached hydrogen (secondary N) is 1. The van der Waals surface area contributed by atoms with Gasteiger partial charge in [-0.15, -0.1) is 0 Å². The normalized spacial score (nSPS) is 11.3. The minimum atomic E-state index is -2.80. The summed E-state index contributed by atoms with van der Waals surface area (Å²) in [6, 6.07) is 10.1. The van der Waals surface area contributed by atoms with E-state index in [2.05, 4.69) is 20.5 Å². The molecule has 4 aromatic rings. The molecule has 1 amide bonds. The smallest absolute Gasteiger partial charge is 0.280 e. The van der Waals surface area contributed by atoms with Crippen molar-refractivity contribution in [3.63, 3.8) is 0 Å². The Morgan fingerprint density at radius 3 is 2.75 bits per heavy atom. The van der Waals surface area contributed by atoms with Gasteiger partial charge in [-0.05, 0) is 37.6 Å². The number of alkyl halides is 2. The Morgan fingerprint density at radius 2 is 2.03 bits per heavy atom. The van der Waals surface area contributed by atoms with Crippen LogP contribution in [0.1, 0.15) is 34.6 Å². The third-order valence-corrected chi connectivity index (χ3v) is 5.11. The number of nitrogens with zero attached hydrogens (tertiary/aromatic N) is 5. The number of carbonyl (C=O) groups excluding carboxylic acids is 1.